The van der Waals surface area contributed by atoms with Crippen molar-refractivity contribution in [2.24, 2.45) is 35.5 Å². The lowest BCUT2D eigenvalue weighted by Crippen LogP contribution is -2.60. The summed E-state index contributed by atoms with van der Waals surface area (Å²) >= 11 is 0. The Hall–Kier alpha value is -4.38. The van der Waals surface area contributed by atoms with Gasteiger partial charge in [0.15, 0.2) is 11.9 Å². The molecule has 1 spiro atoms. The van der Waals surface area contributed by atoms with Gasteiger partial charge in [-0.2, -0.15) is 0 Å². The number of ether oxygens (including phenoxy) is 9. The topological polar surface area (TPSA) is 220 Å². The zero-order chi connectivity index (χ0) is 48.7. The predicted octanol–water partition coefficient (Wildman–Crippen LogP) is 6.68. The molecule has 17 nitrogen and oxygen atoms in total. The summed E-state index contributed by atoms with van der Waals surface area (Å²) in [6.45, 7) is 19.7. The number of carbonyl (C=O) groups is 8. The van der Waals surface area contributed by atoms with Gasteiger partial charge in [-0.05, 0) is 56.3 Å². The normalized spacial score (nSPS) is 25.2. The summed E-state index contributed by atoms with van der Waals surface area (Å²) in [5.41, 5.74) is 0.134. The van der Waals surface area contributed by atoms with Gasteiger partial charge in [0.25, 0.3) is 0 Å². The summed E-state index contributed by atoms with van der Waals surface area (Å²) in [7, 11) is 2.29. The number of Topliss-reactive ketones (excluding diaryl/α,β-unsaturated/α-hetero) is 1. The van der Waals surface area contributed by atoms with E-state index in [2.05, 4.69) is 0 Å². The first-order valence-electron chi connectivity index (χ1n) is 22.4. The molecule has 0 saturated carbocycles. The maximum atomic E-state index is 14.0. The van der Waals surface area contributed by atoms with Crippen LogP contribution in [0.2, 0.25) is 0 Å². The fourth-order valence-electron chi connectivity index (χ4n) is 8.84. The molecule has 2 aliphatic heterocycles. The Bertz CT molecular complexity index is 1650. The minimum absolute atomic E-state index is 0.0502. The summed E-state index contributed by atoms with van der Waals surface area (Å²) in [6, 6.07) is 0. The van der Waals surface area contributed by atoms with E-state index in [4.69, 9.17) is 42.6 Å². The molecule has 0 aromatic rings. The second-order valence-electron chi connectivity index (χ2n) is 18.6. The van der Waals surface area contributed by atoms with Gasteiger partial charge in [0.1, 0.15) is 30.0 Å². The highest BCUT2D eigenvalue weighted by Crippen LogP contribution is 2.50. The maximum Gasteiger partial charge on any atom is 0.333 e. The summed E-state index contributed by atoms with van der Waals surface area (Å²) in [5, 5.41) is 0. The molecule has 11 unspecified atom stereocenters. The third kappa shape index (κ3) is 17.5. The van der Waals surface area contributed by atoms with E-state index in [-0.39, 0.29) is 80.0 Å². The van der Waals surface area contributed by atoms with Crippen LogP contribution >= 0.6 is 0 Å². The van der Waals surface area contributed by atoms with E-state index in [1.807, 2.05) is 27.7 Å². The van der Waals surface area contributed by atoms with Crippen LogP contribution < -0.4 is 0 Å². The van der Waals surface area contributed by atoms with Crippen molar-refractivity contribution in [3.63, 3.8) is 0 Å². The van der Waals surface area contributed by atoms with E-state index in [1.165, 1.54) is 34.0 Å². The molecule has 364 valence electrons. The molecular formula is C47H74O17. The Kier molecular flexibility index (Phi) is 22.1. The molecule has 11 atom stereocenters. The molecule has 0 aliphatic carbocycles. The van der Waals surface area contributed by atoms with Gasteiger partial charge in [-0.15, -0.1) is 0 Å². The standard InChI is InChI=1S/C47H74O17/c1-15-38(51)59-35(17-16-30(8)44(54)56-13)41(45(55)57-14)43(58-33(11)49)36(60-39(52)18-26(2)3)21-31(9)42(61-40(53)19-27(4)5)37-20-28(6)22-46(63-37)23-29(7)24-47(64-46,25-32(10)48)62-34(12)50/h16,26-29,31,35-37,41-43H,15,17-25H2,1-14H3. The zero-order valence-electron chi connectivity index (χ0n) is 40.4. The Morgan fingerprint density at radius 3 is 1.81 bits per heavy atom. The number of carbonyl (C=O) groups excluding carboxylic acids is 8. The zero-order valence-corrected chi connectivity index (χ0v) is 40.4. The first kappa shape index (κ1) is 55.8. The molecule has 0 aromatic carbocycles. The fraction of sp³-hybridized carbons (Fsp3) is 0.787. The van der Waals surface area contributed by atoms with E-state index >= 15 is 0 Å². The lowest BCUT2D eigenvalue weighted by atomic mass is 9.78. The molecule has 0 bridgehead atoms. The summed E-state index contributed by atoms with van der Waals surface area (Å²) in [6.07, 6.45) is -4.44. The molecule has 0 amide bonds. The lowest BCUT2D eigenvalue weighted by molar-refractivity contribution is -0.405. The molecule has 2 rings (SSSR count). The number of hydrogen-bond acceptors (Lipinski definition) is 17. The second kappa shape index (κ2) is 25.4. The third-order valence-electron chi connectivity index (χ3n) is 11.1. The van der Waals surface area contributed by atoms with Crippen molar-refractivity contribution in [1.82, 2.24) is 0 Å². The van der Waals surface area contributed by atoms with Crippen molar-refractivity contribution in [2.75, 3.05) is 14.2 Å². The summed E-state index contributed by atoms with van der Waals surface area (Å²) < 4.78 is 53.5. The molecule has 0 radical (unpaired) electrons. The predicted molar refractivity (Wildman–Crippen MR) is 229 cm³/mol. The highest BCUT2D eigenvalue weighted by atomic mass is 16.8. The van der Waals surface area contributed by atoms with E-state index in [0.717, 1.165) is 14.0 Å². The van der Waals surface area contributed by atoms with Crippen LogP contribution in [0.4, 0.5) is 0 Å². The van der Waals surface area contributed by atoms with E-state index in [1.54, 1.807) is 27.7 Å². The average molecular weight is 911 g/mol. The number of esters is 7. The van der Waals surface area contributed by atoms with Gasteiger partial charge in [0, 0.05) is 64.4 Å². The van der Waals surface area contributed by atoms with Crippen molar-refractivity contribution in [1.29, 1.82) is 0 Å². The smallest absolute Gasteiger partial charge is 0.333 e. The van der Waals surface area contributed by atoms with Crippen LogP contribution in [-0.4, -0.2) is 104 Å². The van der Waals surface area contributed by atoms with E-state index < -0.39 is 95.7 Å². The van der Waals surface area contributed by atoms with Crippen LogP contribution in [0.25, 0.3) is 0 Å². The largest absolute Gasteiger partial charge is 0.469 e. The van der Waals surface area contributed by atoms with E-state index in [9.17, 15) is 38.4 Å². The molecule has 2 aliphatic rings. The Morgan fingerprint density at radius 2 is 1.30 bits per heavy atom. The van der Waals surface area contributed by atoms with Crippen molar-refractivity contribution in [3.8, 4) is 0 Å². The first-order valence-corrected chi connectivity index (χ1v) is 22.4. The Labute approximate surface area is 378 Å². The van der Waals surface area contributed by atoms with Gasteiger partial charge in [-0.1, -0.05) is 61.5 Å². The number of methoxy groups -OCH3 is 2. The monoisotopic (exact) mass is 910 g/mol. The Balaban J connectivity index is 2.86. The third-order valence-corrected chi connectivity index (χ3v) is 11.1. The van der Waals surface area contributed by atoms with Crippen molar-refractivity contribution >= 4 is 47.6 Å². The molecule has 0 N–H and O–H groups in total. The quantitative estimate of drug-likeness (QED) is 0.0593. The van der Waals surface area contributed by atoms with E-state index in [0.29, 0.717) is 19.3 Å². The van der Waals surface area contributed by atoms with Crippen molar-refractivity contribution in [3.05, 3.63) is 11.6 Å². The fourth-order valence-corrected chi connectivity index (χ4v) is 8.84. The minimum Gasteiger partial charge on any atom is -0.469 e. The molecular weight excluding hydrogens is 836 g/mol. The number of rotatable bonds is 23. The molecule has 17 heteroatoms. The van der Waals surface area contributed by atoms with Crippen LogP contribution in [0.5, 0.6) is 0 Å². The first-order chi connectivity index (χ1) is 29.8. The van der Waals surface area contributed by atoms with Crippen molar-refractivity contribution in [2.45, 2.75) is 189 Å². The molecule has 0 aromatic heterocycles. The number of hydrogen-bond donors (Lipinski definition) is 0. The van der Waals surface area contributed by atoms with Crippen molar-refractivity contribution < 1.29 is 81.0 Å². The lowest BCUT2D eigenvalue weighted by Gasteiger charge is -2.54. The molecule has 2 fully saturated rings. The number of ketones is 1. The summed E-state index contributed by atoms with van der Waals surface area (Å²) in [5.74, 6) is -11.2. The Morgan fingerprint density at radius 1 is 0.719 bits per heavy atom. The maximum absolute atomic E-state index is 14.0. The highest BCUT2D eigenvalue weighted by Gasteiger charge is 2.56. The second-order valence-corrected chi connectivity index (χ2v) is 18.6. The van der Waals surface area contributed by atoms with Crippen LogP contribution in [0.15, 0.2) is 11.6 Å². The SMILES string of the molecule is CCC(=O)OC(CC=C(C)C(=O)OC)C(C(=O)OC)C(OC(C)=O)C(CC(C)C(OC(=O)CC(C)C)C1CC(C)CC2(CC(C)CC(CC(C)=O)(OC(C)=O)O2)O1)OC(=O)CC(C)C. The summed E-state index contributed by atoms with van der Waals surface area (Å²) in [4.78, 5) is 105. The molecule has 2 heterocycles. The van der Waals surface area contributed by atoms with Gasteiger partial charge >= 0.3 is 41.8 Å². The van der Waals surface area contributed by atoms with Crippen LogP contribution in [0.3, 0.4) is 0 Å². The van der Waals surface area contributed by atoms with Gasteiger partial charge in [0.2, 0.25) is 5.79 Å². The highest BCUT2D eigenvalue weighted by molar-refractivity contribution is 5.87. The average Bonchev–Trinajstić information content (AvgIpc) is 3.15. The minimum atomic E-state index is -1.65. The van der Waals surface area contributed by atoms with Crippen LogP contribution in [0.1, 0.15) is 147 Å². The van der Waals surface area contributed by atoms with Gasteiger partial charge in [-0.3, -0.25) is 33.6 Å². The van der Waals surface area contributed by atoms with Crippen LogP contribution in [-0.2, 0) is 81.0 Å². The molecule has 2 saturated heterocycles. The van der Waals surface area contributed by atoms with Gasteiger partial charge in [0.05, 0.1) is 26.7 Å². The molecule has 64 heavy (non-hydrogen) atoms. The van der Waals surface area contributed by atoms with Gasteiger partial charge < -0.3 is 42.6 Å². The van der Waals surface area contributed by atoms with Crippen LogP contribution in [0, 0.1) is 35.5 Å². The van der Waals surface area contributed by atoms with Gasteiger partial charge in [-0.25, -0.2) is 4.79 Å².